The average Bonchev–Trinajstić information content (AvgIpc) is 2.70. The van der Waals surface area contributed by atoms with Crippen LogP contribution < -0.4 is 20.9 Å². The van der Waals surface area contributed by atoms with Crippen molar-refractivity contribution in [2.24, 2.45) is 4.99 Å². The molecule has 0 aliphatic rings. The Kier molecular flexibility index (Phi) is 8.66. The van der Waals surface area contributed by atoms with Crippen molar-refractivity contribution in [1.29, 1.82) is 0 Å². The summed E-state index contributed by atoms with van der Waals surface area (Å²) in [7, 11) is 5.71. The molecule has 8 heteroatoms. The van der Waals surface area contributed by atoms with Gasteiger partial charge in [-0.1, -0.05) is 18.2 Å². The van der Waals surface area contributed by atoms with E-state index in [9.17, 15) is 4.79 Å². The SMILES string of the molecule is CN=C(NCCc1ccc(NC(=O)OC(C)(C)C)cc1)NCc1cccnc1N(C)C. The molecule has 31 heavy (non-hydrogen) atoms. The van der Waals surface area contributed by atoms with Crippen molar-refractivity contribution in [3.63, 3.8) is 0 Å². The van der Waals surface area contributed by atoms with Gasteiger partial charge in [-0.2, -0.15) is 0 Å². The molecule has 0 saturated heterocycles. The zero-order valence-electron chi connectivity index (χ0n) is 19.3. The number of anilines is 2. The average molecular weight is 427 g/mol. The summed E-state index contributed by atoms with van der Waals surface area (Å²) in [6.45, 7) is 6.87. The van der Waals surface area contributed by atoms with Crippen molar-refractivity contribution in [1.82, 2.24) is 15.6 Å². The molecular weight excluding hydrogens is 392 g/mol. The van der Waals surface area contributed by atoms with Crippen molar-refractivity contribution in [3.05, 3.63) is 53.7 Å². The summed E-state index contributed by atoms with van der Waals surface area (Å²) < 4.78 is 5.26. The Morgan fingerprint density at radius 1 is 1.13 bits per heavy atom. The molecule has 0 spiro atoms. The number of pyridine rings is 1. The molecule has 8 nitrogen and oxygen atoms in total. The number of carbonyl (C=O) groups excluding carboxylic acids is 1. The first-order valence-corrected chi connectivity index (χ1v) is 10.3. The monoisotopic (exact) mass is 426 g/mol. The number of nitrogens with zero attached hydrogens (tertiary/aromatic N) is 3. The van der Waals surface area contributed by atoms with Crippen LogP contribution in [0.25, 0.3) is 0 Å². The summed E-state index contributed by atoms with van der Waals surface area (Å²) in [4.78, 5) is 22.5. The molecule has 1 aromatic carbocycles. The number of amides is 1. The lowest BCUT2D eigenvalue weighted by Crippen LogP contribution is -2.38. The summed E-state index contributed by atoms with van der Waals surface area (Å²) in [5, 5.41) is 9.39. The molecule has 1 amide bonds. The van der Waals surface area contributed by atoms with E-state index in [0.29, 0.717) is 12.2 Å². The number of hydrogen-bond donors (Lipinski definition) is 3. The minimum Gasteiger partial charge on any atom is -0.444 e. The van der Waals surface area contributed by atoms with Crippen LogP contribution >= 0.6 is 0 Å². The number of rotatable bonds is 7. The van der Waals surface area contributed by atoms with Gasteiger partial charge in [0.25, 0.3) is 0 Å². The molecule has 0 radical (unpaired) electrons. The van der Waals surface area contributed by atoms with Gasteiger partial charge in [0.1, 0.15) is 11.4 Å². The highest BCUT2D eigenvalue weighted by Crippen LogP contribution is 2.14. The lowest BCUT2D eigenvalue weighted by atomic mass is 10.1. The van der Waals surface area contributed by atoms with Crippen LogP contribution in [0.15, 0.2) is 47.6 Å². The smallest absolute Gasteiger partial charge is 0.412 e. The molecule has 168 valence electrons. The largest absolute Gasteiger partial charge is 0.444 e. The van der Waals surface area contributed by atoms with E-state index in [-0.39, 0.29) is 0 Å². The molecular formula is C23H34N6O2. The molecule has 1 heterocycles. The molecule has 0 aliphatic carbocycles. The lowest BCUT2D eigenvalue weighted by molar-refractivity contribution is 0.0636. The number of carbonyl (C=O) groups is 1. The van der Waals surface area contributed by atoms with Crippen molar-refractivity contribution in [2.75, 3.05) is 37.9 Å². The predicted molar refractivity (Wildman–Crippen MR) is 127 cm³/mol. The van der Waals surface area contributed by atoms with Crippen LogP contribution in [-0.4, -0.2) is 50.3 Å². The maximum absolute atomic E-state index is 11.8. The van der Waals surface area contributed by atoms with E-state index in [1.54, 1.807) is 13.2 Å². The van der Waals surface area contributed by atoms with Gasteiger partial charge in [0.05, 0.1) is 0 Å². The number of benzene rings is 1. The van der Waals surface area contributed by atoms with Gasteiger partial charge in [0, 0.05) is 51.7 Å². The van der Waals surface area contributed by atoms with Crippen molar-refractivity contribution in [3.8, 4) is 0 Å². The number of aliphatic imine (C=N–C) groups is 1. The highest BCUT2D eigenvalue weighted by molar-refractivity contribution is 5.84. The fourth-order valence-corrected chi connectivity index (χ4v) is 2.87. The third-order valence-electron chi connectivity index (χ3n) is 4.27. The highest BCUT2D eigenvalue weighted by Gasteiger charge is 2.16. The highest BCUT2D eigenvalue weighted by atomic mass is 16.6. The van der Waals surface area contributed by atoms with E-state index in [0.717, 1.165) is 35.9 Å². The topological polar surface area (TPSA) is 90.9 Å². The summed E-state index contributed by atoms with van der Waals surface area (Å²) in [6, 6.07) is 11.7. The third kappa shape index (κ3) is 8.54. The van der Waals surface area contributed by atoms with Gasteiger partial charge < -0.3 is 20.3 Å². The van der Waals surface area contributed by atoms with Crippen LogP contribution in [-0.2, 0) is 17.7 Å². The Morgan fingerprint density at radius 2 is 1.84 bits per heavy atom. The first-order chi connectivity index (χ1) is 14.7. The minimum atomic E-state index is -0.521. The summed E-state index contributed by atoms with van der Waals surface area (Å²) in [6.07, 6.45) is 2.16. The van der Waals surface area contributed by atoms with Crippen molar-refractivity contribution < 1.29 is 9.53 Å². The van der Waals surface area contributed by atoms with Crippen molar-refractivity contribution >= 4 is 23.6 Å². The molecule has 1 aromatic heterocycles. The van der Waals surface area contributed by atoms with E-state index in [2.05, 4.69) is 32.0 Å². The lowest BCUT2D eigenvalue weighted by Gasteiger charge is -2.19. The van der Waals surface area contributed by atoms with E-state index >= 15 is 0 Å². The third-order valence-corrected chi connectivity index (χ3v) is 4.27. The molecule has 0 bridgehead atoms. The second kappa shape index (κ2) is 11.2. The van der Waals surface area contributed by atoms with Gasteiger partial charge in [0.15, 0.2) is 5.96 Å². The van der Waals surface area contributed by atoms with E-state index in [1.807, 2.05) is 70.1 Å². The summed E-state index contributed by atoms with van der Waals surface area (Å²) in [5.74, 6) is 1.67. The fourth-order valence-electron chi connectivity index (χ4n) is 2.87. The number of hydrogen-bond acceptors (Lipinski definition) is 5. The molecule has 3 N–H and O–H groups in total. The first-order valence-electron chi connectivity index (χ1n) is 10.3. The number of guanidine groups is 1. The normalized spacial score (nSPS) is 11.6. The zero-order valence-corrected chi connectivity index (χ0v) is 19.3. The Balaban J connectivity index is 1.79. The van der Waals surface area contributed by atoms with E-state index in [4.69, 9.17) is 4.74 Å². The fraction of sp³-hybridized carbons (Fsp3) is 0.435. The standard InChI is InChI=1S/C23H34N6O2/c1-23(2,3)31-22(30)28-19-11-9-17(10-12-19)13-15-26-21(24-4)27-16-18-8-7-14-25-20(18)29(5)6/h7-12,14H,13,15-16H2,1-6H3,(H,28,30)(H2,24,26,27). The number of aromatic nitrogens is 1. The number of ether oxygens (including phenoxy) is 1. The summed E-state index contributed by atoms with van der Waals surface area (Å²) in [5.41, 5.74) is 2.44. The Labute approximate surface area is 185 Å². The zero-order chi connectivity index (χ0) is 22.9. The summed E-state index contributed by atoms with van der Waals surface area (Å²) >= 11 is 0. The number of nitrogens with one attached hydrogen (secondary N) is 3. The molecule has 0 aliphatic heterocycles. The second-order valence-corrected chi connectivity index (χ2v) is 8.31. The molecule has 2 aromatic rings. The van der Waals surface area contributed by atoms with Crippen LogP contribution in [0.1, 0.15) is 31.9 Å². The van der Waals surface area contributed by atoms with E-state index < -0.39 is 11.7 Å². The molecule has 0 saturated carbocycles. The van der Waals surface area contributed by atoms with Gasteiger partial charge in [-0.05, 0) is 51.0 Å². The van der Waals surface area contributed by atoms with Gasteiger partial charge in [0.2, 0.25) is 0 Å². The van der Waals surface area contributed by atoms with Crippen molar-refractivity contribution in [2.45, 2.75) is 39.3 Å². The second-order valence-electron chi connectivity index (χ2n) is 8.31. The maximum Gasteiger partial charge on any atom is 0.412 e. The van der Waals surface area contributed by atoms with Gasteiger partial charge >= 0.3 is 6.09 Å². The quantitative estimate of drug-likeness (QED) is 0.464. The van der Waals surface area contributed by atoms with Crippen LogP contribution in [0.2, 0.25) is 0 Å². The maximum atomic E-state index is 11.8. The van der Waals surface area contributed by atoms with Crippen LogP contribution in [0.5, 0.6) is 0 Å². The van der Waals surface area contributed by atoms with E-state index in [1.165, 1.54) is 0 Å². The van der Waals surface area contributed by atoms with Crippen LogP contribution in [0, 0.1) is 0 Å². The Morgan fingerprint density at radius 3 is 2.45 bits per heavy atom. The molecule has 0 fully saturated rings. The minimum absolute atomic E-state index is 0.456. The Hall–Kier alpha value is -3.29. The molecule has 2 rings (SSSR count). The van der Waals surface area contributed by atoms with Crippen LogP contribution in [0.4, 0.5) is 16.3 Å². The molecule has 0 atom stereocenters. The van der Waals surface area contributed by atoms with Gasteiger partial charge in [-0.25, -0.2) is 9.78 Å². The predicted octanol–water partition coefficient (Wildman–Crippen LogP) is 3.40. The van der Waals surface area contributed by atoms with Gasteiger partial charge in [-0.3, -0.25) is 10.3 Å². The molecule has 0 unspecified atom stereocenters. The van der Waals surface area contributed by atoms with Gasteiger partial charge in [-0.15, -0.1) is 0 Å². The first kappa shape index (κ1) is 24.0. The van der Waals surface area contributed by atoms with Crippen LogP contribution in [0.3, 0.4) is 0 Å². The Bertz CT molecular complexity index is 872.